The number of carbonyl (C=O) groups is 2. The highest BCUT2D eigenvalue weighted by Gasteiger charge is 2.33. The number of furan rings is 1. The maximum absolute atomic E-state index is 12.3. The van der Waals surface area contributed by atoms with Crippen molar-refractivity contribution >= 4 is 11.9 Å². The molecule has 1 aromatic carbocycles. The van der Waals surface area contributed by atoms with Crippen LogP contribution < -0.4 is 14.8 Å². The van der Waals surface area contributed by atoms with Gasteiger partial charge in [0, 0.05) is 0 Å². The van der Waals surface area contributed by atoms with Crippen LogP contribution in [0.1, 0.15) is 23.2 Å². The predicted molar refractivity (Wildman–Crippen MR) is 78.5 cm³/mol. The predicted octanol–water partition coefficient (Wildman–Crippen LogP) is 1.82. The molecule has 0 saturated heterocycles. The van der Waals surface area contributed by atoms with Crippen LogP contribution in [0.2, 0.25) is 0 Å². The van der Waals surface area contributed by atoms with Crippen LogP contribution in [0.25, 0.3) is 0 Å². The minimum atomic E-state index is -1.16. The number of rotatable bonds is 4. The summed E-state index contributed by atoms with van der Waals surface area (Å²) in [6.07, 6.45) is -1.24. The molecule has 1 aliphatic rings. The Morgan fingerprint density at radius 3 is 2.48 bits per heavy atom. The standard InChI is InChI=1S/C16H15NO6/c1-9-14(23-12-5-3-2-4-11(12)21-9)15(18)17-8-10-6-7-13(22-10)16(19)20/h2-7,9,14H,8H2,1H3,(H,17,18)(H,19,20)/t9-,14-/m1/s1. The Balaban J connectivity index is 1.63. The third-order valence-electron chi connectivity index (χ3n) is 3.41. The molecule has 23 heavy (non-hydrogen) atoms. The van der Waals surface area contributed by atoms with E-state index in [1.807, 2.05) is 6.07 Å². The van der Waals surface area contributed by atoms with Crippen molar-refractivity contribution in [3.8, 4) is 11.5 Å². The average Bonchev–Trinajstić information content (AvgIpc) is 3.01. The summed E-state index contributed by atoms with van der Waals surface area (Å²) in [5.74, 6) is -0.232. The topological polar surface area (TPSA) is 98.0 Å². The Morgan fingerprint density at radius 1 is 1.13 bits per heavy atom. The molecule has 3 rings (SSSR count). The van der Waals surface area contributed by atoms with Gasteiger partial charge < -0.3 is 24.3 Å². The number of hydrogen-bond acceptors (Lipinski definition) is 5. The van der Waals surface area contributed by atoms with Crippen LogP contribution in [0.3, 0.4) is 0 Å². The zero-order valence-electron chi connectivity index (χ0n) is 12.3. The van der Waals surface area contributed by atoms with Crippen LogP contribution in [0.5, 0.6) is 11.5 Å². The maximum atomic E-state index is 12.3. The number of benzene rings is 1. The normalized spacial score (nSPS) is 19.2. The minimum Gasteiger partial charge on any atom is -0.482 e. The summed E-state index contributed by atoms with van der Waals surface area (Å²) in [7, 11) is 0. The van der Waals surface area contributed by atoms with Crippen LogP contribution in [0, 0.1) is 0 Å². The third kappa shape index (κ3) is 3.13. The summed E-state index contributed by atoms with van der Waals surface area (Å²) >= 11 is 0. The number of para-hydroxylation sites is 2. The number of fused-ring (bicyclic) bond motifs is 1. The fraction of sp³-hybridized carbons (Fsp3) is 0.250. The van der Waals surface area contributed by atoms with Crippen molar-refractivity contribution in [2.75, 3.05) is 0 Å². The molecule has 0 saturated carbocycles. The number of amides is 1. The molecule has 1 amide bonds. The van der Waals surface area contributed by atoms with Gasteiger partial charge in [-0.15, -0.1) is 0 Å². The monoisotopic (exact) mass is 317 g/mol. The van der Waals surface area contributed by atoms with E-state index in [2.05, 4.69) is 5.32 Å². The number of ether oxygens (including phenoxy) is 2. The zero-order chi connectivity index (χ0) is 16.4. The first-order valence-corrected chi connectivity index (χ1v) is 7.06. The summed E-state index contributed by atoms with van der Waals surface area (Å²) in [5, 5.41) is 11.4. The van der Waals surface area contributed by atoms with Gasteiger partial charge in [-0.2, -0.15) is 0 Å². The molecule has 0 aliphatic carbocycles. The Morgan fingerprint density at radius 2 is 1.83 bits per heavy atom. The van der Waals surface area contributed by atoms with E-state index < -0.39 is 18.2 Å². The molecule has 2 N–H and O–H groups in total. The number of carboxylic acids is 1. The molecule has 0 radical (unpaired) electrons. The van der Waals surface area contributed by atoms with Crippen LogP contribution in [-0.4, -0.2) is 29.2 Å². The summed E-state index contributed by atoms with van der Waals surface area (Å²) in [6, 6.07) is 9.96. The molecule has 2 atom stereocenters. The lowest BCUT2D eigenvalue weighted by Gasteiger charge is -2.30. The molecule has 0 unspecified atom stereocenters. The highest BCUT2D eigenvalue weighted by Crippen LogP contribution is 2.33. The Hall–Kier alpha value is -2.96. The van der Waals surface area contributed by atoms with Gasteiger partial charge in [0.1, 0.15) is 11.9 Å². The number of hydrogen-bond donors (Lipinski definition) is 2. The van der Waals surface area contributed by atoms with E-state index in [4.69, 9.17) is 19.0 Å². The van der Waals surface area contributed by atoms with E-state index in [9.17, 15) is 9.59 Å². The van der Waals surface area contributed by atoms with Gasteiger partial charge in [-0.05, 0) is 31.2 Å². The first kappa shape index (κ1) is 15.0. The smallest absolute Gasteiger partial charge is 0.371 e. The fourth-order valence-corrected chi connectivity index (χ4v) is 2.27. The highest BCUT2D eigenvalue weighted by atomic mass is 16.6. The van der Waals surface area contributed by atoms with Crippen molar-refractivity contribution in [1.82, 2.24) is 5.32 Å². The maximum Gasteiger partial charge on any atom is 0.371 e. The van der Waals surface area contributed by atoms with Crippen LogP contribution in [0.4, 0.5) is 0 Å². The van der Waals surface area contributed by atoms with E-state index >= 15 is 0 Å². The molecular weight excluding hydrogens is 302 g/mol. The number of aromatic carboxylic acids is 1. The fourth-order valence-electron chi connectivity index (χ4n) is 2.27. The van der Waals surface area contributed by atoms with Crippen molar-refractivity contribution in [2.24, 2.45) is 0 Å². The summed E-state index contributed by atoms with van der Waals surface area (Å²) in [5.41, 5.74) is 0. The number of carboxylic acid groups (broad SMARTS) is 1. The van der Waals surface area contributed by atoms with Gasteiger partial charge in [-0.1, -0.05) is 12.1 Å². The van der Waals surface area contributed by atoms with E-state index in [0.29, 0.717) is 17.3 Å². The summed E-state index contributed by atoms with van der Waals surface area (Å²) in [4.78, 5) is 23.0. The molecule has 2 heterocycles. The Kier molecular flexibility index (Phi) is 3.92. The number of carbonyl (C=O) groups excluding carboxylic acids is 1. The van der Waals surface area contributed by atoms with Crippen molar-refractivity contribution in [2.45, 2.75) is 25.7 Å². The van der Waals surface area contributed by atoms with Gasteiger partial charge in [0.15, 0.2) is 11.5 Å². The summed E-state index contributed by atoms with van der Waals surface area (Å²) in [6.45, 7) is 1.82. The minimum absolute atomic E-state index is 0.0698. The number of nitrogens with one attached hydrogen (secondary N) is 1. The SMILES string of the molecule is C[C@H]1Oc2ccccc2O[C@H]1C(=O)NCc1ccc(C(=O)O)o1. The molecule has 0 spiro atoms. The second-order valence-electron chi connectivity index (χ2n) is 5.10. The molecule has 0 fully saturated rings. The highest BCUT2D eigenvalue weighted by molar-refractivity contribution is 5.84. The quantitative estimate of drug-likeness (QED) is 0.892. The second kappa shape index (κ2) is 6.04. The van der Waals surface area contributed by atoms with Gasteiger partial charge in [0.25, 0.3) is 5.91 Å². The van der Waals surface area contributed by atoms with Crippen molar-refractivity contribution in [3.05, 3.63) is 47.9 Å². The lowest BCUT2D eigenvalue weighted by Crippen LogP contribution is -2.48. The van der Waals surface area contributed by atoms with Crippen LogP contribution in [-0.2, 0) is 11.3 Å². The second-order valence-corrected chi connectivity index (χ2v) is 5.10. The molecule has 7 heteroatoms. The molecular formula is C16H15NO6. The van der Waals surface area contributed by atoms with Gasteiger partial charge in [-0.3, -0.25) is 4.79 Å². The Bertz CT molecular complexity index is 738. The van der Waals surface area contributed by atoms with E-state index in [1.54, 1.807) is 25.1 Å². The van der Waals surface area contributed by atoms with E-state index in [1.165, 1.54) is 12.1 Å². The molecule has 120 valence electrons. The van der Waals surface area contributed by atoms with Gasteiger partial charge in [-0.25, -0.2) is 4.79 Å². The molecule has 0 bridgehead atoms. The first-order valence-electron chi connectivity index (χ1n) is 7.06. The lowest BCUT2D eigenvalue weighted by atomic mass is 10.1. The lowest BCUT2D eigenvalue weighted by molar-refractivity contribution is -0.133. The van der Waals surface area contributed by atoms with Crippen molar-refractivity contribution in [1.29, 1.82) is 0 Å². The van der Waals surface area contributed by atoms with E-state index in [0.717, 1.165) is 0 Å². The first-order chi connectivity index (χ1) is 11.0. The largest absolute Gasteiger partial charge is 0.482 e. The van der Waals surface area contributed by atoms with Gasteiger partial charge in [0.05, 0.1) is 6.54 Å². The molecule has 1 aromatic heterocycles. The molecule has 2 aromatic rings. The van der Waals surface area contributed by atoms with Gasteiger partial charge >= 0.3 is 5.97 Å². The van der Waals surface area contributed by atoms with Crippen molar-refractivity contribution < 1.29 is 28.6 Å². The average molecular weight is 317 g/mol. The molecule has 1 aliphatic heterocycles. The van der Waals surface area contributed by atoms with Gasteiger partial charge in [0.2, 0.25) is 11.9 Å². The zero-order valence-corrected chi connectivity index (χ0v) is 12.3. The Labute approximate surface area is 131 Å². The van der Waals surface area contributed by atoms with Crippen LogP contribution >= 0.6 is 0 Å². The summed E-state index contributed by atoms with van der Waals surface area (Å²) < 4.78 is 16.4. The van der Waals surface area contributed by atoms with Crippen molar-refractivity contribution in [3.63, 3.8) is 0 Å². The molecule has 7 nitrogen and oxygen atoms in total. The van der Waals surface area contributed by atoms with E-state index in [-0.39, 0.29) is 18.2 Å². The third-order valence-corrected chi connectivity index (χ3v) is 3.41. The van der Waals surface area contributed by atoms with Crippen LogP contribution in [0.15, 0.2) is 40.8 Å².